The number of nitrogens with zero attached hydrogens (tertiary/aromatic N) is 2. The Morgan fingerprint density at radius 2 is 1.83 bits per heavy atom. The van der Waals surface area contributed by atoms with Crippen LogP contribution in [-0.4, -0.2) is 9.78 Å². The number of benzene rings is 1. The summed E-state index contributed by atoms with van der Waals surface area (Å²) in [6.07, 6.45) is -1.06. The first-order chi connectivity index (χ1) is 8.52. The van der Waals surface area contributed by atoms with Gasteiger partial charge in [-0.15, -0.1) is 0 Å². The summed E-state index contributed by atoms with van der Waals surface area (Å²) in [6.45, 7) is 3.88. The molecule has 0 aliphatic heterocycles. The molecule has 0 amide bonds. The van der Waals surface area contributed by atoms with Gasteiger partial charge in [0.25, 0.3) is 6.43 Å². The Labute approximate surface area is 113 Å². The normalized spacial score (nSPS) is 11.2. The maximum Gasteiger partial charge on any atom is 0.280 e. The van der Waals surface area contributed by atoms with Crippen LogP contribution in [-0.2, 0) is 5.33 Å². The number of hydrogen-bond donors (Lipinski definition) is 0. The molecule has 0 radical (unpaired) electrons. The summed E-state index contributed by atoms with van der Waals surface area (Å²) in [5.41, 5.74) is 3.21. The first-order valence-corrected chi connectivity index (χ1v) is 6.64. The molecule has 0 atom stereocenters. The lowest BCUT2D eigenvalue weighted by molar-refractivity contribution is 0.142. The van der Waals surface area contributed by atoms with Gasteiger partial charge in [-0.1, -0.05) is 22.0 Å². The van der Waals surface area contributed by atoms with Crippen molar-refractivity contribution < 1.29 is 8.78 Å². The van der Waals surface area contributed by atoms with Crippen LogP contribution in [0.15, 0.2) is 24.4 Å². The fourth-order valence-electron chi connectivity index (χ4n) is 2.01. The second-order valence-corrected chi connectivity index (χ2v) is 4.81. The van der Waals surface area contributed by atoms with Crippen molar-refractivity contribution in [2.24, 2.45) is 0 Å². The third-order valence-corrected chi connectivity index (χ3v) is 3.29. The molecule has 0 bridgehead atoms. The average Bonchev–Trinajstić information content (AvgIpc) is 2.71. The van der Waals surface area contributed by atoms with Crippen LogP contribution in [0.2, 0.25) is 0 Å². The highest BCUT2D eigenvalue weighted by Crippen LogP contribution is 2.27. The predicted molar refractivity (Wildman–Crippen MR) is 70.6 cm³/mol. The highest BCUT2D eigenvalue weighted by Gasteiger charge is 2.20. The average molecular weight is 315 g/mol. The predicted octanol–water partition coefficient (Wildman–Crippen LogP) is 4.32. The van der Waals surface area contributed by atoms with Gasteiger partial charge >= 0.3 is 0 Å². The zero-order chi connectivity index (χ0) is 13.3. The van der Waals surface area contributed by atoms with Gasteiger partial charge in [-0.05, 0) is 37.1 Å². The standard InChI is InChI=1S/C13H13BrF2N2/c1-8-3-9(2)5-11(4-8)18-12(13(15)16)10(6-14)7-17-18/h3-5,7,13H,6H2,1-2H3. The van der Waals surface area contributed by atoms with Gasteiger partial charge in [0.05, 0.1) is 11.9 Å². The van der Waals surface area contributed by atoms with Gasteiger partial charge in [-0.3, -0.25) is 0 Å². The Kier molecular flexibility index (Phi) is 3.80. The summed E-state index contributed by atoms with van der Waals surface area (Å²) in [5.74, 6) is 0. The number of halogens is 3. The number of alkyl halides is 3. The molecule has 18 heavy (non-hydrogen) atoms. The van der Waals surface area contributed by atoms with E-state index in [9.17, 15) is 8.78 Å². The molecular weight excluding hydrogens is 302 g/mol. The molecule has 5 heteroatoms. The Bertz CT molecular complexity index is 544. The summed E-state index contributed by atoms with van der Waals surface area (Å²) in [7, 11) is 0. The molecule has 0 unspecified atom stereocenters. The lowest BCUT2D eigenvalue weighted by atomic mass is 10.1. The molecule has 0 spiro atoms. The smallest absolute Gasteiger partial charge is 0.232 e. The van der Waals surface area contributed by atoms with Crippen molar-refractivity contribution in [3.8, 4) is 5.69 Å². The molecule has 1 aromatic carbocycles. The molecule has 1 heterocycles. The Hall–Kier alpha value is -1.23. The summed E-state index contributed by atoms with van der Waals surface area (Å²) in [6, 6.07) is 5.70. The topological polar surface area (TPSA) is 17.8 Å². The summed E-state index contributed by atoms with van der Waals surface area (Å²) < 4.78 is 27.5. The molecule has 2 rings (SSSR count). The lowest BCUT2D eigenvalue weighted by Gasteiger charge is -2.10. The Morgan fingerprint density at radius 1 is 1.22 bits per heavy atom. The summed E-state index contributed by atoms with van der Waals surface area (Å²) in [4.78, 5) is 0. The third-order valence-electron chi connectivity index (χ3n) is 2.69. The SMILES string of the molecule is Cc1cc(C)cc(-n2ncc(CBr)c2C(F)F)c1. The molecule has 0 N–H and O–H groups in total. The van der Waals surface area contributed by atoms with Gasteiger partial charge in [-0.2, -0.15) is 5.10 Å². The van der Waals surface area contributed by atoms with Crippen LogP contribution in [0.5, 0.6) is 0 Å². The lowest BCUT2D eigenvalue weighted by Crippen LogP contribution is -2.04. The van der Waals surface area contributed by atoms with Crippen molar-refractivity contribution in [1.29, 1.82) is 0 Å². The van der Waals surface area contributed by atoms with Crippen LogP contribution >= 0.6 is 15.9 Å². The van der Waals surface area contributed by atoms with E-state index in [-0.39, 0.29) is 5.69 Å². The number of rotatable bonds is 3. The van der Waals surface area contributed by atoms with E-state index in [0.717, 1.165) is 11.1 Å². The second-order valence-electron chi connectivity index (χ2n) is 4.25. The van der Waals surface area contributed by atoms with Crippen molar-refractivity contribution in [1.82, 2.24) is 9.78 Å². The molecular formula is C13H13BrF2N2. The van der Waals surface area contributed by atoms with E-state index in [1.165, 1.54) is 10.9 Å². The van der Waals surface area contributed by atoms with Crippen LogP contribution in [0.1, 0.15) is 28.8 Å². The van der Waals surface area contributed by atoms with Gasteiger partial charge in [0.1, 0.15) is 5.69 Å². The van der Waals surface area contributed by atoms with Crippen molar-refractivity contribution >= 4 is 15.9 Å². The van der Waals surface area contributed by atoms with Gasteiger partial charge in [0.2, 0.25) is 0 Å². The fraction of sp³-hybridized carbons (Fsp3) is 0.308. The molecule has 0 aliphatic rings. The van der Waals surface area contributed by atoms with Crippen LogP contribution < -0.4 is 0 Å². The summed E-state index contributed by atoms with van der Waals surface area (Å²) in [5, 5.41) is 4.44. The molecule has 0 fully saturated rings. The fourth-order valence-corrected chi connectivity index (χ4v) is 2.44. The van der Waals surface area contributed by atoms with E-state index in [1.807, 2.05) is 32.0 Å². The van der Waals surface area contributed by atoms with Gasteiger partial charge in [0.15, 0.2) is 0 Å². The third kappa shape index (κ3) is 2.46. The van der Waals surface area contributed by atoms with Crippen LogP contribution in [0.3, 0.4) is 0 Å². The monoisotopic (exact) mass is 314 g/mol. The molecule has 96 valence electrons. The van der Waals surface area contributed by atoms with Gasteiger partial charge < -0.3 is 0 Å². The Morgan fingerprint density at radius 3 is 2.33 bits per heavy atom. The largest absolute Gasteiger partial charge is 0.280 e. The van der Waals surface area contributed by atoms with E-state index in [4.69, 9.17) is 0 Å². The van der Waals surface area contributed by atoms with E-state index >= 15 is 0 Å². The first-order valence-electron chi connectivity index (χ1n) is 5.52. The molecule has 0 saturated heterocycles. The zero-order valence-corrected chi connectivity index (χ0v) is 11.7. The molecule has 2 aromatic rings. The van der Waals surface area contributed by atoms with Crippen molar-refractivity contribution in [2.45, 2.75) is 25.6 Å². The number of aryl methyl sites for hydroxylation is 2. The van der Waals surface area contributed by atoms with Gasteiger partial charge in [0, 0.05) is 10.9 Å². The zero-order valence-electron chi connectivity index (χ0n) is 10.1. The maximum absolute atomic E-state index is 13.1. The maximum atomic E-state index is 13.1. The van der Waals surface area contributed by atoms with E-state index in [1.54, 1.807) is 0 Å². The van der Waals surface area contributed by atoms with E-state index in [2.05, 4.69) is 21.0 Å². The van der Waals surface area contributed by atoms with Crippen molar-refractivity contribution in [2.75, 3.05) is 0 Å². The van der Waals surface area contributed by atoms with E-state index < -0.39 is 6.43 Å². The highest BCUT2D eigenvalue weighted by molar-refractivity contribution is 9.08. The molecule has 0 aliphatic carbocycles. The molecule has 1 aromatic heterocycles. The van der Waals surface area contributed by atoms with Crippen LogP contribution in [0.25, 0.3) is 5.69 Å². The molecule has 0 saturated carbocycles. The van der Waals surface area contributed by atoms with Crippen molar-refractivity contribution in [3.63, 3.8) is 0 Å². The van der Waals surface area contributed by atoms with Crippen molar-refractivity contribution in [3.05, 3.63) is 46.8 Å². The number of aromatic nitrogens is 2. The molecule has 2 nitrogen and oxygen atoms in total. The minimum absolute atomic E-state index is 0.0446. The van der Waals surface area contributed by atoms with Crippen LogP contribution in [0.4, 0.5) is 8.78 Å². The van der Waals surface area contributed by atoms with Crippen LogP contribution in [0, 0.1) is 13.8 Å². The van der Waals surface area contributed by atoms with E-state index in [0.29, 0.717) is 16.6 Å². The van der Waals surface area contributed by atoms with Gasteiger partial charge in [-0.25, -0.2) is 13.5 Å². The second kappa shape index (κ2) is 5.18. The first kappa shape index (κ1) is 13.2. The Balaban J connectivity index is 2.60. The quantitative estimate of drug-likeness (QED) is 0.771. The number of hydrogen-bond acceptors (Lipinski definition) is 1. The highest BCUT2D eigenvalue weighted by atomic mass is 79.9. The minimum Gasteiger partial charge on any atom is -0.232 e. The summed E-state index contributed by atoms with van der Waals surface area (Å²) >= 11 is 3.20. The minimum atomic E-state index is -2.54.